The van der Waals surface area contributed by atoms with Crippen molar-refractivity contribution in [3.8, 4) is 0 Å². The number of carbonyl (C=O) groups excluding carboxylic acids is 2. The maximum Gasteiger partial charge on any atom is 0.255 e. The van der Waals surface area contributed by atoms with Crippen molar-refractivity contribution in [2.75, 3.05) is 18.4 Å². The Kier molecular flexibility index (Phi) is 5.94. The van der Waals surface area contributed by atoms with Gasteiger partial charge < -0.3 is 11.1 Å². The van der Waals surface area contributed by atoms with E-state index < -0.39 is 44.7 Å². The number of halogens is 2. The number of benzene rings is 2. The number of anilines is 1. The van der Waals surface area contributed by atoms with Crippen LogP contribution in [0.3, 0.4) is 0 Å². The second-order valence-corrected chi connectivity index (χ2v) is 8.56. The predicted octanol–water partition coefficient (Wildman–Crippen LogP) is 2.49. The molecule has 29 heavy (non-hydrogen) atoms. The number of sulfonamides is 1. The molecule has 2 aromatic carbocycles. The number of nitrogens with two attached hydrogens (primary N) is 1. The zero-order chi connectivity index (χ0) is 21.2. The minimum atomic E-state index is -3.75. The maximum absolute atomic E-state index is 14.0. The average molecular weight is 423 g/mol. The largest absolute Gasteiger partial charge is 0.366 e. The van der Waals surface area contributed by atoms with Gasteiger partial charge in [0, 0.05) is 24.7 Å². The number of carbonyl (C=O) groups is 2. The first-order valence-corrected chi connectivity index (χ1v) is 10.3. The van der Waals surface area contributed by atoms with Gasteiger partial charge in [0.2, 0.25) is 10.0 Å². The standard InChI is InChI=1S/C19H19F2N3O4S/c20-15-11-16(21)17(10-14(15)18(22)25)23-19(26)12-5-4-6-13(9-12)29(27,28)24-7-2-1-3-8-24/h4-6,9-11H,1-3,7-8H2,(H2,22,25)(H,23,26). The van der Waals surface area contributed by atoms with Crippen molar-refractivity contribution >= 4 is 27.5 Å². The molecular formula is C19H19F2N3O4S. The second kappa shape index (κ2) is 8.26. The van der Waals surface area contributed by atoms with Crippen LogP contribution in [0.4, 0.5) is 14.5 Å². The van der Waals surface area contributed by atoms with Crippen molar-refractivity contribution < 1.29 is 26.8 Å². The van der Waals surface area contributed by atoms with Gasteiger partial charge in [-0.15, -0.1) is 0 Å². The van der Waals surface area contributed by atoms with E-state index in [1.165, 1.54) is 28.6 Å². The summed E-state index contributed by atoms with van der Waals surface area (Å²) in [5.74, 6) is -4.19. The van der Waals surface area contributed by atoms with Crippen molar-refractivity contribution in [2.24, 2.45) is 5.73 Å². The fourth-order valence-electron chi connectivity index (χ4n) is 3.08. The maximum atomic E-state index is 14.0. The van der Waals surface area contributed by atoms with Crippen LogP contribution in [0.25, 0.3) is 0 Å². The third kappa shape index (κ3) is 4.43. The normalized spacial score (nSPS) is 15.1. The van der Waals surface area contributed by atoms with Crippen LogP contribution in [0.2, 0.25) is 0 Å². The highest BCUT2D eigenvalue weighted by Crippen LogP contribution is 2.23. The minimum absolute atomic E-state index is 0.0348. The molecule has 0 unspecified atom stereocenters. The molecular weight excluding hydrogens is 404 g/mol. The lowest BCUT2D eigenvalue weighted by atomic mass is 10.1. The Hall–Kier alpha value is -2.85. The summed E-state index contributed by atoms with van der Waals surface area (Å²) in [5.41, 5.74) is 3.96. The summed E-state index contributed by atoms with van der Waals surface area (Å²) in [4.78, 5) is 23.7. The molecule has 0 spiro atoms. The van der Waals surface area contributed by atoms with Gasteiger partial charge in [0.15, 0.2) is 0 Å². The first-order valence-electron chi connectivity index (χ1n) is 8.90. The van der Waals surface area contributed by atoms with E-state index in [1.54, 1.807) is 0 Å². The highest BCUT2D eigenvalue weighted by atomic mass is 32.2. The van der Waals surface area contributed by atoms with Crippen molar-refractivity contribution in [1.29, 1.82) is 0 Å². The molecule has 0 aromatic heterocycles. The zero-order valence-corrected chi connectivity index (χ0v) is 16.1. The van der Waals surface area contributed by atoms with Crippen LogP contribution in [-0.2, 0) is 10.0 Å². The molecule has 1 fully saturated rings. The number of amides is 2. The molecule has 2 amide bonds. The van der Waals surface area contributed by atoms with E-state index in [0.717, 1.165) is 25.3 Å². The molecule has 0 atom stereocenters. The van der Waals surface area contributed by atoms with Gasteiger partial charge in [-0.25, -0.2) is 17.2 Å². The highest BCUT2D eigenvalue weighted by Gasteiger charge is 2.26. The van der Waals surface area contributed by atoms with Gasteiger partial charge in [0.1, 0.15) is 11.6 Å². The molecule has 2 aromatic rings. The fraction of sp³-hybridized carbons (Fsp3) is 0.263. The lowest BCUT2D eigenvalue weighted by molar-refractivity contribution is 0.0992. The first kappa shape index (κ1) is 20.9. The van der Waals surface area contributed by atoms with Crippen molar-refractivity contribution in [3.05, 3.63) is 59.2 Å². The Bertz CT molecular complexity index is 1070. The summed E-state index contributed by atoms with van der Waals surface area (Å²) < 4.78 is 54.5. The van der Waals surface area contributed by atoms with Gasteiger partial charge in [-0.1, -0.05) is 12.5 Å². The molecule has 7 nitrogen and oxygen atoms in total. The molecule has 3 rings (SSSR count). The van der Waals surface area contributed by atoms with Crippen LogP contribution in [0.15, 0.2) is 41.3 Å². The number of hydrogen-bond donors (Lipinski definition) is 2. The number of nitrogens with zero attached hydrogens (tertiary/aromatic N) is 1. The van der Waals surface area contributed by atoms with E-state index in [2.05, 4.69) is 5.32 Å². The quantitative estimate of drug-likeness (QED) is 0.770. The molecule has 10 heteroatoms. The molecule has 3 N–H and O–H groups in total. The third-order valence-electron chi connectivity index (χ3n) is 4.62. The zero-order valence-electron chi connectivity index (χ0n) is 15.3. The number of piperidine rings is 1. The van der Waals surface area contributed by atoms with Crippen LogP contribution in [0.1, 0.15) is 40.0 Å². The van der Waals surface area contributed by atoms with Crippen LogP contribution in [0, 0.1) is 11.6 Å². The summed E-state index contributed by atoms with van der Waals surface area (Å²) in [6, 6.07) is 6.56. The molecule has 0 radical (unpaired) electrons. The summed E-state index contributed by atoms with van der Waals surface area (Å²) in [7, 11) is -3.75. The molecule has 0 aliphatic carbocycles. The van der Waals surface area contributed by atoms with Gasteiger partial charge in [-0.3, -0.25) is 9.59 Å². The number of hydrogen-bond acceptors (Lipinski definition) is 4. The first-order chi connectivity index (χ1) is 13.7. The Morgan fingerprint density at radius 1 is 1.00 bits per heavy atom. The number of rotatable bonds is 5. The Morgan fingerprint density at radius 3 is 2.34 bits per heavy atom. The second-order valence-electron chi connectivity index (χ2n) is 6.62. The van der Waals surface area contributed by atoms with E-state index >= 15 is 0 Å². The van der Waals surface area contributed by atoms with Gasteiger partial charge in [-0.05, 0) is 37.1 Å². The van der Waals surface area contributed by atoms with E-state index in [-0.39, 0.29) is 10.5 Å². The molecule has 154 valence electrons. The summed E-state index contributed by atoms with van der Waals surface area (Å²) in [6.07, 6.45) is 2.50. The summed E-state index contributed by atoms with van der Waals surface area (Å²) >= 11 is 0. The van der Waals surface area contributed by atoms with Crippen LogP contribution < -0.4 is 11.1 Å². The van der Waals surface area contributed by atoms with Gasteiger partial charge in [0.25, 0.3) is 11.8 Å². The van der Waals surface area contributed by atoms with Gasteiger partial charge in [0.05, 0.1) is 16.1 Å². The van der Waals surface area contributed by atoms with Crippen molar-refractivity contribution in [3.63, 3.8) is 0 Å². The lowest BCUT2D eigenvalue weighted by Gasteiger charge is -2.26. The van der Waals surface area contributed by atoms with E-state index in [1.807, 2.05) is 0 Å². The number of nitrogens with one attached hydrogen (secondary N) is 1. The molecule has 1 saturated heterocycles. The Balaban J connectivity index is 1.87. The molecule has 0 bridgehead atoms. The summed E-state index contributed by atoms with van der Waals surface area (Å²) in [5, 5.41) is 2.21. The molecule has 1 heterocycles. The topological polar surface area (TPSA) is 110 Å². The Labute approximate surface area is 166 Å². The van der Waals surface area contributed by atoms with Crippen LogP contribution >= 0.6 is 0 Å². The third-order valence-corrected chi connectivity index (χ3v) is 6.51. The Morgan fingerprint density at radius 2 is 1.69 bits per heavy atom. The van der Waals surface area contributed by atoms with Crippen LogP contribution in [0.5, 0.6) is 0 Å². The number of primary amides is 1. The van der Waals surface area contributed by atoms with Crippen molar-refractivity contribution in [1.82, 2.24) is 4.31 Å². The van der Waals surface area contributed by atoms with E-state index in [4.69, 9.17) is 5.73 Å². The minimum Gasteiger partial charge on any atom is -0.366 e. The average Bonchev–Trinajstić information content (AvgIpc) is 2.70. The van der Waals surface area contributed by atoms with E-state index in [0.29, 0.717) is 19.2 Å². The molecule has 1 aliphatic rings. The molecule has 1 aliphatic heterocycles. The summed E-state index contributed by atoms with van der Waals surface area (Å²) in [6.45, 7) is 0.824. The van der Waals surface area contributed by atoms with E-state index in [9.17, 15) is 26.8 Å². The van der Waals surface area contributed by atoms with Gasteiger partial charge >= 0.3 is 0 Å². The van der Waals surface area contributed by atoms with Gasteiger partial charge in [-0.2, -0.15) is 4.31 Å². The monoisotopic (exact) mass is 423 g/mol. The smallest absolute Gasteiger partial charge is 0.255 e. The van der Waals surface area contributed by atoms with Crippen LogP contribution in [-0.4, -0.2) is 37.6 Å². The fourth-order valence-corrected chi connectivity index (χ4v) is 4.64. The van der Waals surface area contributed by atoms with Crippen molar-refractivity contribution in [2.45, 2.75) is 24.2 Å². The SMILES string of the molecule is NC(=O)c1cc(NC(=O)c2cccc(S(=O)(=O)N3CCCCC3)c2)c(F)cc1F. The molecule has 0 saturated carbocycles. The highest BCUT2D eigenvalue weighted by molar-refractivity contribution is 7.89. The predicted molar refractivity (Wildman–Crippen MR) is 102 cm³/mol. The lowest BCUT2D eigenvalue weighted by Crippen LogP contribution is -2.35.